The second-order valence-electron chi connectivity index (χ2n) is 5.28. The van der Waals surface area contributed by atoms with Gasteiger partial charge in [-0.15, -0.1) is 0 Å². The molecule has 0 saturated carbocycles. The van der Waals surface area contributed by atoms with Gasteiger partial charge in [-0.25, -0.2) is 13.1 Å². The summed E-state index contributed by atoms with van der Waals surface area (Å²) >= 11 is 0. The lowest BCUT2D eigenvalue weighted by Gasteiger charge is -2.13. The summed E-state index contributed by atoms with van der Waals surface area (Å²) in [5, 5.41) is 8.99. The zero-order valence-electron chi connectivity index (χ0n) is 12.0. The van der Waals surface area contributed by atoms with Gasteiger partial charge in [0.05, 0.1) is 17.4 Å². The van der Waals surface area contributed by atoms with E-state index in [9.17, 15) is 8.42 Å². The summed E-state index contributed by atoms with van der Waals surface area (Å²) in [7, 11) is -3.40. The molecule has 0 fully saturated rings. The van der Waals surface area contributed by atoms with Crippen LogP contribution in [0.3, 0.4) is 0 Å². The Hall–Kier alpha value is -1.64. The number of benzene rings is 1. The lowest BCUT2D eigenvalue weighted by Crippen LogP contribution is -2.26. The SMILES string of the molecule is N#Cc1ccccc1CS(=O)(=O)NCCC1=CCCCC1. The standard InChI is InChI=1S/C16H20N2O2S/c17-12-15-8-4-5-9-16(15)13-21(19,20)18-11-10-14-6-2-1-3-7-14/h4-6,8-9,18H,1-3,7,10-11,13H2. The first-order chi connectivity index (χ1) is 10.1. The van der Waals surface area contributed by atoms with Gasteiger partial charge in [0.25, 0.3) is 0 Å². The number of allylic oxidation sites excluding steroid dienone is 1. The van der Waals surface area contributed by atoms with Crippen LogP contribution < -0.4 is 4.72 Å². The van der Waals surface area contributed by atoms with Gasteiger partial charge in [0.1, 0.15) is 0 Å². The van der Waals surface area contributed by atoms with Gasteiger partial charge < -0.3 is 0 Å². The Morgan fingerprint density at radius 2 is 2.05 bits per heavy atom. The number of nitriles is 1. The third kappa shape index (κ3) is 5.00. The molecule has 0 bridgehead atoms. The van der Waals surface area contributed by atoms with Crippen molar-refractivity contribution in [1.82, 2.24) is 4.72 Å². The predicted molar refractivity (Wildman–Crippen MR) is 83.0 cm³/mol. The predicted octanol–water partition coefficient (Wildman–Crippen LogP) is 2.87. The van der Waals surface area contributed by atoms with Crippen molar-refractivity contribution in [2.75, 3.05) is 6.54 Å². The van der Waals surface area contributed by atoms with Crippen molar-refractivity contribution in [2.45, 2.75) is 37.9 Å². The highest BCUT2D eigenvalue weighted by Gasteiger charge is 2.14. The molecule has 112 valence electrons. The average Bonchev–Trinajstić information content (AvgIpc) is 2.48. The summed E-state index contributed by atoms with van der Waals surface area (Å²) in [5.74, 6) is -0.143. The van der Waals surface area contributed by atoms with E-state index in [0.717, 1.165) is 19.3 Å². The van der Waals surface area contributed by atoms with Gasteiger partial charge >= 0.3 is 0 Å². The number of nitrogens with zero attached hydrogens (tertiary/aromatic N) is 1. The summed E-state index contributed by atoms with van der Waals surface area (Å²) in [5.41, 5.74) is 2.31. The topological polar surface area (TPSA) is 70.0 Å². The lowest BCUT2D eigenvalue weighted by atomic mass is 9.97. The molecule has 0 unspecified atom stereocenters. The van der Waals surface area contributed by atoms with Crippen LogP contribution in [-0.4, -0.2) is 15.0 Å². The van der Waals surface area contributed by atoms with Gasteiger partial charge in [0, 0.05) is 6.54 Å². The minimum absolute atomic E-state index is 0.143. The van der Waals surface area contributed by atoms with Gasteiger partial charge in [-0.2, -0.15) is 5.26 Å². The van der Waals surface area contributed by atoms with E-state index in [4.69, 9.17) is 5.26 Å². The molecule has 1 aromatic rings. The van der Waals surface area contributed by atoms with Crippen LogP contribution in [0.15, 0.2) is 35.9 Å². The van der Waals surface area contributed by atoms with Crippen molar-refractivity contribution < 1.29 is 8.42 Å². The highest BCUT2D eigenvalue weighted by atomic mass is 32.2. The molecule has 2 rings (SSSR count). The Kier molecular flexibility index (Phi) is 5.54. The third-order valence-corrected chi connectivity index (χ3v) is 4.97. The Labute approximate surface area is 126 Å². The first-order valence-corrected chi connectivity index (χ1v) is 8.89. The van der Waals surface area contributed by atoms with E-state index in [1.54, 1.807) is 24.3 Å². The number of hydrogen-bond donors (Lipinski definition) is 1. The second kappa shape index (κ2) is 7.39. The van der Waals surface area contributed by atoms with Crippen molar-refractivity contribution in [3.63, 3.8) is 0 Å². The van der Waals surface area contributed by atoms with E-state index < -0.39 is 10.0 Å². The molecule has 0 heterocycles. The Balaban J connectivity index is 1.90. The fraction of sp³-hybridized carbons (Fsp3) is 0.438. The molecule has 0 spiro atoms. The van der Waals surface area contributed by atoms with E-state index in [1.165, 1.54) is 18.4 Å². The van der Waals surface area contributed by atoms with Crippen LogP contribution in [0.25, 0.3) is 0 Å². The summed E-state index contributed by atoms with van der Waals surface area (Å²) < 4.78 is 26.8. The highest BCUT2D eigenvalue weighted by Crippen LogP contribution is 2.19. The first-order valence-electron chi connectivity index (χ1n) is 7.24. The lowest BCUT2D eigenvalue weighted by molar-refractivity contribution is 0.578. The van der Waals surface area contributed by atoms with Crippen molar-refractivity contribution >= 4 is 10.0 Å². The first kappa shape index (κ1) is 15.7. The molecule has 0 amide bonds. The Morgan fingerprint density at radius 3 is 2.76 bits per heavy atom. The number of hydrogen-bond acceptors (Lipinski definition) is 3. The number of rotatable bonds is 6. The summed E-state index contributed by atoms with van der Waals surface area (Å²) in [4.78, 5) is 0. The minimum Gasteiger partial charge on any atom is -0.215 e. The molecule has 1 aliphatic rings. The molecule has 0 saturated heterocycles. The molecular weight excluding hydrogens is 284 g/mol. The smallest absolute Gasteiger partial charge is 0.215 e. The van der Waals surface area contributed by atoms with Crippen LogP contribution in [0, 0.1) is 11.3 Å². The molecule has 0 aliphatic heterocycles. The van der Waals surface area contributed by atoms with Crippen LogP contribution in [0.4, 0.5) is 0 Å². The monoisotopic (exact) mass is 304 g/mol. The maximum absolute atomic E-state index is 12.1. The van der Waals surface area contributed by atoms with E-state index in [2.05, 4.69) is 10.8 Å². The molecule has 1 aliphatic carbocycles. The third-order valence-electron chi connectivity index (χ3n) is 3.64. The van der Waals surface area contributed by atoms with Crippen molar-refractivity contribution in [2.24, 2.45) is 0 Å². The highest BCUT2D eigenvalue weighted by molar-refractivity contribution is 7.88. The van der Waals surface area contributed by atoms with Crippen molar-refractivity contribution in [3.8, 4) is 6.07 Å². The van der Waals surface area contributed by atoms with Crippen molar-refractivity contribution in [3.05, 3.63) is 47.0 Å². The molecule has 0 aromatic heterocycles. The molecule has 0 radical (unpaired) electrons. The van der Waals surface area contributed by atoms with Gasteiger partial charge in [0.15, 0.2) is 0 Å². The van der Waals surface area contributed by atoms with Crippen LogP contribution in [0.1, 0.15) is 43.2 Å². The molecule has 0 atom stereocenters. The zero-order chi connectivity index (χ0) is 15.1. The number of nitrogens with one attached hydrogen (secondary N) is 1. The largest absolute Gasteiger partial charge is 0.215 e. The fourth-order valence-electron chi connectivity index (χ4n) is 2.51. The van der Waals surface area contributed by atoms with Gasteiger partial charge in [-0.1, -0.05) is 29.8 Å². The van der Waals surface area contributed by atoms with Crippen molar-refractivity contribution in [1.29, 1.82) is 5.26 Å². The van der Waals surface area contributed by atoms with Gasteiger partial charge in [-0.3, -0.25) is 0 Å². The molecule has 4 nitrogen and oxygen atoms in total. The quantitative estimate of drug-likeness (QED) is 0.822. The maximum atomic E-state index is 12.1. The van der Waals surface area contributed by atoms with Crippen LogP contribution in [-0.2, 0) is 15.8 Å². The van der Waals surface area contributed by atoms with Gasteiger partial charge in [-0.05, 0) is 43.7 Å². The van der Waals surface area contributed by atoms with E-state index in [1.807, 2.05) is 6.07 Å². The fourth-order valence-corrected chi connectivity index (χ4v) is 3.69. The Bertz CT molecular complexity index is 657. The van der Waals surface area contributed by atoms with Crippen LogP contribution >= 0.6 is 0 Å². The normalized spacial score (nSPS) is 15.3. The Morgan fingerprint density at radius 1 is 1.24 bits per heavy atom. The summed E-state index contributed by atoms with van der Waals surface area (Å²) in [6.45, 7) is 0.433. The molecule has 1 aromatic carbocycles. The minimum atomic E-state index is -3.40. The number of sulfonamides is 1. The van der Waals surface area contributed by atoms with E-state index in [-0.39, 0.29) is 5.75 Å². The average molecular weight is 304 g/mol. The van der Waals surface area contributed by atoms with Gasteiger partial charge in [0.2, 0.25) is 10.0 Å². The maximum Gasteiger partial charge on any atom is 0.215 e. The van der Waals surface area contributed by atoms with E-state index >= 15 is 0 Å². The summed E-state index contributed by atoms with van der Waals surface area (Å²) in [6.07, 6.45) is 7.63. The molecule has 21 heavy (non-hydrogen) atoms. The molecule has 1 N–H and O–H groups in total. The van der Waals surface area contributed by atoms with E-state index in [0.29, 0.717) is 17.7 Å². The molecular formula is C16H20N2O2S. The summed E-state index contributed by atoms with van der Waals surface area (Å²) in [6, 6.07) is 8.83. The molecule has 5 heteroatoms. The zero-order valence-corrected chi connectivity index (χ0v) is 12.8. The van der Waals surface area contributed by atoms with Crippen LogP contribution in [0.2, 0.25) is 0 Å². The van der Waals surface area contributed by atoms with Crippen LogP contribution in [0.5, 0.6) is 0 Å². The second-order valence-corrected chi connectivity index (χ2v) is 7.09.